The van der Waals surface area contributed by atoms with Gasteiger partial charge in [-0.2, -0.15) is 5.10 Å². The van der Waals surface area contributed by atoms with Crippen molar-refractivity contribution >= 4 is 34.7 Å². The van der Waals surface area contributed by atoms with E-state index < -0.39 is 16.9 Å². The number of non-ortho nitro benzene ring substituents is 1. The van der Waals surface area contributed by atoms with Crippen molar-refractivity contribution in [3.05, 3.63) is 117 Å². The quantitative estimate of drug-likeness (QED) is 0.215. The number of amides is 2. The smallest absolute Gasteiger partial charge is 0.269 e. The van der Waals surface area contributed by atoms with Crippen LogP contribution in [0.15, 0.2) is 90.3 Å². The predicted molar refractivity (Wildman–Crippen MR) is 151 cm³/mol. The fourth-order valence-corrected chi connectivity index (χ4v) is 4.66. The molecule has 4 aromatic rings. The zero-order valence-electron chi connectivity index (χ0n) is 22.0. The van der Waals surface area contributed by atoms with E-state index in [0.29, 0.717) is 39.8 Å². The molecule has 3 aromatic carbocycles. The van der Waals surface area contributed by atoms with Gasteiger partial charge in [0.25, 0.3) is 17.5 Å². The maximum Gasteiger partial charge on any atom is 0.269 e. The van der Waals surface area contributed by atoms with Crippen LogP contribution < -0.4 is 20.7 Å². The van der Waals surface area contributed by atoms with E-state index in [0.717, 1.165) is 5.56 Å². The number of anilines is 3. The third kappa shape index (κ3) is 4.99. The summed E-state index contributed by atoms with van der Waals surface area (Å²) in [6.07, 6.45) is 1.43. The highest BCUT2D eigenvalue weighted by molar-refractivity contribution is 6.09. The molecule has 0 saturated carbocycles. The number of carbonyl (C=O) groups is 2. The third-order valence-corrected chi connectivity index (χ3v) is 6.56. The van der Waals surface area contributed by atoms with Crippen molar-refractivity contribution in [3.8, 4) is 5.75 Å². The Morgan fingerprint density at radius 2 is 1.75 bits per heavy atom. The van der Waals surface area contributed by atoms with Gasteiger partial charge in [-0.15, -0.1) is 0 Å². The van der Waals surface area contributed by atoms with E-state index in [1.165, 1.54) is 30.1 Å². The lowest BCUT2D eigenvalue weighted by Crippen LogP contribution is -2.32. The van der Waals surface area contributed by atoms with Crippen molar-refractivity contribution in [2.75, 3.05) is 23.1 Å². The molecule has 1 aliphatic rings. The number of fused-ring (bicyclic) bond motifs is 1. The van der Waals surface area contributed by atoms with Gasteiger partial charge in [-0.25, -0.2) is 4.68 Å². The van der Waals surface area contributed by atoms with E-state index in [1.54, 1.807) is 49.4 Å². The molecule has 2 heterocycles. The van der Waals surface area contributed by atoms with Crippen LogP contribution in [0, 0.1) is 17.0 Å². The highest BCUT2D eigenvalue weighted by Crippen LogP contribution is 2.39. The highest BCUT2D eigenvalue weighted by atomic mass is 16.6. The molecule has 5 rings (SSSR count). The largest absolute Gasteiger partial charge is 0.495 e. The number of hydrogen-bond acceptors (Lipinski definition) is 7. The van der Waals surface area contributed by atoms with E-state index in [2.05, 4.69) is 21.0 Å². The Bertz CT molecular complexity index is 1660. The second-order valence-corrected chi connectivity index (χ2v) is 9.24. The molecule has 1 aliphatic heterocycles. The summed E-state index contributed by atoms with van der Waals surface area (Å²) in [5.41, 5.74) is 3.69. The van der Waals surface area contributed by atoms with E-state index in [-0.39, 0.29) is 17.2 Å². The first kappa shape index (κ1) is 26.2. The minimum atomic E-state index is -0.785. The number of allylic oxidation sites excluding steroid dienone is 1. The SMILES string of the molecule is COc1ccccc1NC(=O)C1=C(C)Nc2c(C(=O)Nc3cccc(C)c3)cnn2[C@@H]1c1ccc([N+](=O)[O-])cc1. The Kier molecular flexibility index (Phi) is 7.02. The number of aromatic nitrogens is 2. The van der Waals surface area contributed by atoms with Crippen LogP contribution in [0.5, 0.6) is 5.75 Å². The minimum absolute atomic E-state index is 0.0858. The summed E-state index contributed by atoms with van der Waals surface area (Å²) in [5.74, 6) is 0.0702. The van der Waals surface area contributed by atoms with E-state index in [1.807, 2.05) is 25.1 Å². The number of benzene rings is 3. The van der Waals surface area contributed by atoms with Crippen molar-refractivity contribution in [1.82, 2.24) is 9.78 Å². The van der Waals surface area contributed by atoms with Crippen LogP contribution >= 0.6 is 0 Å². The van der Waals surface area contributed by atoms with Gasteiger partial charge in [-0.1, -0.05) is 24.3 Å². The van der Waals surface area contributed by atoms with Crippen LogP contribution in [-0.2, 0) is 4.79 Å². The zero-order valence-corrected chi connectivity index (χ0v) is 22.0. The van der Waals surface area contributed by atoms with Gasteiger partial charge >= 0.3 is 0 Å². The fourth-order valence-electron chi connectivity index (χ4n) is 4.66. The van der Waals surface area contributed by atoms with Crippen molar-refractivity contribution in [3.63, 3.8) is 0 Å². The molecule has 0 bridgehead atoms. The highest BCUT2D eigenvalue weighted by Gasteiger charge is 2.35. The molecule has 0 spiro atoms. The molecule has 11 nitrogen and oxygen atoms in total. The molecule has 0 aliphatic carbocycles. The summed E-state index contributed by atoms with van der Waals surface area (Å²) in [7, 11) is 1.51. The van der Waals surface area contributed by atoms with Gasteiger partial charge in [0.05, 0.1) is 29.5 Å². The Labute approximate surface area is 229 Å². The molecule has 0 saturated heterocycles. The molecular formula is C29H26N6O5. The molecule has 0 unspecified atom stereocenters. The van der Waals surface area contributed by atoms with Crippen LogP contribution in [-0.4, -0.2) is 33.6 Å². The number of para-hydroxylation sites is 2. The van der Waals surface area contributed by atoms with Crippen molar-refractivity contribution in [2.24, 2.45) is 0 Å². The maximum atomic E-state index is 13.7. The second kappa shape index (κ2) is 10.7. The summed E-state index contributed by atoms with van der Waals surface area (Å²) < 4.78 is 6.92. The average Bonchev–Trinajstić information content (AvgIpc) is 3.36. The van der Waals surface area contributed by atoms with Crippen LogP contribution in [0.4, 0.5) is 22.9 Å². The number of nitrogens with zero attached hydrogens (tertiary/aromatic N) is 3. The lowest BCUT2D eigenvalue weighted by molar-refractivity contribution is -0.384. The Balaban J connectivity index is 1.56. The van der Waals surface area contributed by atoms with Crippen molar-refractivity contribution in [1.29, 1.82) is 0 Å². The number of methoxy groups -OCH3 is 1. The number of rotatable bonds is 7. The normalized spacial score (nSPS) is 14.1. The number of ether oxygens (including phenoxy) is 1. The van der Waals surface area contributed by atoms with Gasteiger partial charge in [0.2, 0.25) is 0 Å². The van der Waals surface area contributed by atoms with Crippen LogP contribution in [0.1, 0.15) is 34.5 Å². The van der Waals surface area contributed by atoms with Crippen LogP contribution in [0.2, 0.25) is 0 Å². The molecule has 1 atom stereocenters. The van der Waals surface area contributed by atoms with Crippen LogP contribution in [0.25, 0.3) is 0 Å². The van der Waals surface area contributed by atoms with Crippen molar-refractivity contribution < 1.29 is 19.2 Å². The van der Waals surface area contributed by atoms with Gasteiger partial charge in [0.15, 0.2) is 0 Å². The number of hydrogen-bond donors (Lipinski definition) is 3. The second-order valence-electron chi connectivity index (χ2n) is 9.24. The summed E-state index contributed by atoms with van der Waals surface area (Å²) in [6, 6.07) is 19.6. The molecule has 2 amide bonds. The van der Waals surface area contributed by atoms with Gasteiger partial charge < -0.3 is 20.7 Å². The Morgan fingerprint density at radius 3 is 2.45 bits per heavy atom. The molecule has 11 heteroatoms. The number of nitro benzene ring substituents is 1. The number of carbonyl (C=O) groups excluding carboxylic acids is 2. The molecular weight excluding hydrogens is 512 g/mol. The number of nitrogens with one attached hydrogen (secondary N) is 3. The van der Waals surface area contributed by atoms with Crippen LogP contribution in [0.3, 0.4) is 0 Å². The Morgan fingerprint density at radius 1 is 1.00 bits per heavy atom. The topological polar surface area (TPSA) is 140 Å². The van der Waals surface area contributed by atoms with Gasteiger partial charge in [0, 0.05) is 23.5 Å². The van der Waals surface area contributed by atoms with Gasteiger partial charge in [-0.05, 0) is 61.4 Å². The molecule has 0 radical (unpaired) electrons. The van der Waals surface area contributed by atoms with Gasteiger partial charge in [0.1, 0.15) is 23.2 Å². The Hall–Kier alpha value is -5.45. The number of nitro groups is 1. The first-order chi connectivity index (χ1) is 19.3. The molecule has 1 aromatic heterocycles. The summed E-state index contributed by atoms with van der Waals surface area (Å²) in [4.78, 5) is 37.8. The van der Waals surface area contributed by atoms with Gasteiger partial charge in [-0.3, -0.25) is 19.7 Å². The first-order valence-corrected chi connectivity index (χ1v) is 12.4. The fraction of sp³-hybridized carbons (Fsp3) is 0.138. The molecule has 0 fully saturated rings. The number of aryl methyl sites for hydroxylation is 1. The predicted octanol–water partition coefficient (Wildman–Crippen LogP) is 5.29. The lowest BCUT2D eigenvalue weighted by atomic mass is 9.94. The molecule has 3 N–H and O–H groups in total. The first-order valence-electron chi connectivity index (χ1n) is 12.4. The lowest BCUT2D eigenvalue weighted by Gasteiger charge is -2.30. The molecule has 40 heavy (non-hydrogen) atoms. The summed E-state index contributed by atoms with van der Waals surface area (Å²) in [5, 5.41) is 24.7. The van der Waals surface area contributed by atoms with E-state index in [9.17, 15) is 19.7 Å². The monoisotopic (exact) mass is 538 g/mol. The maximum absolute atomic E-state index is 13.7. The summed E-state index contributed by atoms with van der Waals surface area (Å²) in [6.45, 7) is 3.66. The van der Waals surface area contributed by atoms with E-state index in [4.69, 9.17) is 4.74 Å². The average molecular weight is 539 g/mol. The zero-order chi connectivity index (χ0) is 28.4. The molecule has 202 valence electrons. The van der Waals surface area contributed by atoms with Crippen molar-refractivity contribution in [2.45, 2.75) is 19.9 Å². The van der Waals surface area contributed by atoms with E-state index >= 15 is 0 Å². The minimum Gasteiger partial charge on any atom is -0.495 e. The third-order valence-electron chi connectivity index (χ3n) is 6.56. The standard InChI is InChI=1S/C29H26N6O5/c1-17-7-6-8-20(15-17)32-28(36)22-16-30-34-26(19-11-13-21(14-12-19)35(38)39)25(18(2)31-27(22)34)29(37)33-23-9-4-5-10-24(23)40-3/h4-16,26,31H,1-3H3,(H,32,36)(H,33,37)/t26-/m1/s1. The summed E-state index contributed by atoms with van der Waals surface area (Å²) >= 11 is 0.